The van der Waals surface area contributed by atoms with Crippen molar-refractivity contribution in [2.75, 3.05) is 11.4 Å². The fraction of sp³-hybridized carbons (Fsp3) is 0.429. The van der Waals surface area contributed by atoms with Crippen molar-refractivity contribution in [1.29, 1.82) is 0 Å². The third kappa shape index (κ3) is 4.21. The maximum Gasteiger partial charge on any atom is 0.466 e. The lowest BCUT2D eigenvalue weighted by molar-refractivity contribution is -0.125. The molecule has 1 aliphatic rings. The van der Waals surface area contributed by atoms with E-state index in [1.165, 1.54) is 0 Å². The highest BCUT2D eigenvalue weighted by Gasteiger charge is 2.33. The molecule has 0 spiro atoms. The third-order valence-electron chi connectivity index (χ3n) is 3.26. The molecule has 1 aromatic rings. The maximum absolute atomic E-state index is 12.6. The zero-order chi connectivity index (χ0) is 17.4. The first-order chi connectivity index (χ1) is 10.5. The molecule has 1 aromatic carbocycles. The van der Waals surface area contributed by atoms with Crippen LogP contribution in [0.2, 0.25) is 5.02 Å². The number of carbonyl (C=O) groups is 1. The van der Waals surface area contributed by atoms with Gasteiger partial charge in [0.2, 0.25) is 5.91 Å². The fourth-order valence-electron chi connectivity index (χ4n) is 2.25. The van der Waals surface area contributed by atoms with Crippen LogP contribution < -0.4 is 4.90 Å². The van der Waals surface area contributed by atoms with Crippen LogP contribution in [0.15, 0.2) is 23.4 Å². The molecule has 1 heterocycles. The van der Waals surface area contributed by atoms with Crippen LogP contribution >= 0.6 is 11.6 Å². The molecule has 9 heteroatoms. The van der Waals surface area contributed by atoms with Gasteiger partial charge in [0, 0.05) is 29.0 Å². The highest BCUT2D eigenvalue weighted by molar-refractivity contribution is 7.80. The Morgan fingerprint density at radius 1 is 1.39 bits per heavy atom. The van der Waals surface area contributed by atoms with Crippen molar-refractivity contribution < 1.29 is 22.0 Å². The van der Waals surface area contributed by atoms with Gasteiger partial charge in [-0.1, -0.05) is 37.5 Å². The molecule has 2 rings (SSSR count). The summed E-state index contributed by atoms with van der Waals surface area (Å²) in [5.41, 5.74) is 0.776. The van der Waals surface area contributed by atoms with E-state index in [4.69, 9.17) is 16.2 Å². The standard InChI is InChI=1S/C14H17ClN2O5S/c1-14(2,3)13(18)17-7-6-11(16-22-23(19,20)21)10-8-9(15)4-5-12(10)17/h4-5,8H,6-7H2,1-3H3,(H,19,20,21)/b16-11+. The second-order valence-electron chi connectivity index (χ2n) is 6.16. The number of nitrogens with zero attached hydrogens (tertiary/aromatic N) is 2. The lowest BCUT2D eigenvalue weighted by Gasteiger charge is -2.34. The first-order valence-corrected chi connectivity index (χ1v) is 8.58. The Morgan fingerprint density at radius 3 is 2.61 bits per heavy atom. The van der Waals surface area contributed by atoms with Crippen LogP contribution in [-0.4, -0.2) is 31.1 Å². The molecule has 0 fully saturated rings. The highest BCUT2D eigenvalue weighted by Crippen LogP contribution is 2.33. The number of anilines is 1. The van der Waals surface area contributed by atoms with Crippen molar-refractivity contribution in [1.82, 2.24) is 0 Å². The number of rotatable bonds is 2. The smallest absolute Gasteiger partial charge is 0.311 e. The lowest BCUT2D eigenvalue weighted by Crippen LogP contribution is -2.43. The monoisotopic (exact) mass is 360 g/mol. The lowest BCUT2D eigenvalue weighted by atomic mass is 9.91. The Hall–Kier alpha value is -1.64. The largest absolute Gasteiger partial charge is 0.466 e. The Morgan fingerprint density at radius 2 is 2.04 bits per heavy atom. The number of halogens is 1. The molecule has 1 N–H and O–H groups in total. The summed E-state index contributed by atoms with van der Waals surface area (Å²) in [5.74, 6) is -0.0733. The van der Waals surface area contributed by atoms with E-state index in [1.807, 2.05) is 20.8 Å². The summed E-state index contributed by atoms with van der Waals surface area (Å²) in [6.07, 6.45) is 0.269. The Kier molecular flexibility index (Phi) is 4.70. The molecule has 0 unspecified atom stereocenters. The van der Waals surface area contributed by atoms with E-state index in [9.17, 15) is 13.2 Å². The molecule has 0 radical (unpaired) electrons. The van der Waals surface area contributed by atoms with Gasteiger partial charge < -0.3 is 4.90 Å². The van der Waals surface area contributed by atoms with Crippen LogP contribution in [0.1, 0.15) is 32.8 Å². The van der Waals surface area contributed by atoms with Crippen LogP contribution in [0.25, 0.3) is 0 Å². The summed E-state index contributed by atoms with van der Waals surface area (Å²) in [4.78, 5) is 14.2. The highest BCUT2D eigenvalue weighted by atomic mass is 35.5. The van der Waals surface area contributed by atoms with E-state index in [-0.39, 0.29) is 18.0 Å². The SMILES string of the molecule is CC(C)(C)C(=O)N1CC/C(=N\OS(=O)(=O)O)c2cc(Cl)ccc21. The van der Waals surface area contributed by atoms with E-state index in [2.05, 4.69) is 9.44 Å². The number of amides is 1. The van der Waals surface area contributed by atoms with Gasteiger partial charge >= 0.3 is 10.4 Å². The van der Waals surface area contributed by atoms with E-state index in [0.29, 0.717) is 22.8 Å². The van der Waals surface area contributed by atoms with Crippen molar-refractivity contribution in [3.8, 4) is 0 Å². The summed E-state index contributed by atoms with van der Waals surface area (Å²) in [7, 11) is -4.69. The van der Waals surface area contributed by atoms with Gasteiger partial charge in [-0.05, 0) is 18.2 Å². The predicted molar refractivity (Wildman–Crippen MR) is 87.0 cm³/mol. The summed E-state index contributed by atoms with van der Waals surface area (Å²) < 4.78 is 34.1. The van der Waals surface area contributed by atoms with Gasteiger partial charge in [-0.15, -0.1) is 0 Å². The normalized spacial score (nSPS) is 17.1. The number of benzene rings is 1. The molecule has 0 bridgehead atoms. The predicted octanol–water partition coefficient (Wildman–Crippen LogP) is 2.65. The zero-order valence-corrected chi connectivity index (χ0v) is 14.5. The Labute approximate surface area is 139 Å². The van der Waals surface area contributed by atoms with Gasteiger partial charge in [-0.3, -0.25) is 9.35 Å². The molecule has 126 valence electrons. The third-order valence-corrected chi connectivity index (χ3v) is 3.76. The summed E-state index contributed by atoms with van der Waals surface area (Å²) in [5, 5.41) is 3.89. The quantitative estimate of drug-likeness (QED) is 0.646. The second-order valence-corrected chi connectivity index (χ2v) is 7.60. The minimum absolute atomic E-state index is 0.0733. The molecule has 0 aromatic heterocycles. The summed E-state index contributed by atoms with van der Waals surface area (Å²) in [6.45, 7) is 5.76. The van der Waals surface area contributed by atoms with Crippen LogP contribution in [0.3, 0.4) is 0 Å². The van der Waals surface area contributed by atoms with Crippen LogP contribution in [0, 0.1) is 5.41 Å². The van der Waals surface area contributed by atoms with Gasteiger partial charge in [0.05, 0.1) is 11.4 Å². The number of hydrogen-bond donors (Lipinski definition) is 1. The van der Waals surface area contributed by atoms with Gasteiger partial charge in [0.15, 0.2) is 0 Å². The van der Waals surface area contributed by atoms with Crippen molar-refractivity contribution in [2.45, 2.75) is 27.2 Å². The minimum Gasteiger partial charge on any atom is -0.311 e. The van der Waals surface area contributed by atoms with Gasteiger partial charge in [-0.2, -0.15) is 8.42 Å². The fourth-order valence-corrected chi connectivity index (χ4v) is 2.61. The molecule has 1 amide bonds. The van der Waals surface area contributed by atoms with Crippen molar-refractivity contribution in [3.05, 3.63) is 28.8 Å². The van der Waals surface area contributed by atoms with Crippen LogP contribution in [0.4, 0.5) is 5.69 Å². The maximum atomic E-state index is 12.6. The Balaban J connectivity index is 2.48. The van der Waals surface area contributed by atoms with E-state index >= 15 is 0 Å². The van der Waals surface area contributed by atoms with Crippen molar-refractivity contribution in [2.24, 2.45) is 10.6 Å². The Bertz CT molecular complexity index is 768. The molecule has 0 aliphatic carbocycles. The molecule has 7 nitrogen and oxygen atoms in total. The first-order valence-electron chi connectivity index (χ1n) is 6.84. The van der Waals surface area contributed by atoms with Gasteiger partial charge in [0.1, 0.15) is 0 Å². The number of hydrogen-bond acceptors (Lipinski definition) is 5. The molecule has 23 heavy (non-hydrogen) atoms. The number of carbonyl (C=O) groups excluding carboxylic acids is 1. The molecular weight excluding hydrogens is 344 g/mol. The number of oxime groups is 1. The van der Waals surface area contributed by atoms with E-state index in [0.717, 1.165) is 0 Å². The average Bonchev–Trinajstić information content (AvgIpc) is 2.41. The second kappa shape index (κ2) is 6.10. The molecule has 0 saturated heterocycles. The van der Waals surface area contributed by atoms with Gasteiger partial charge in [0.25, 0.3) is 0 Å². The molecular formula is C14H17ClN2O5S. The van der Waals surface area contributed by atoms with Crippen molar-refractivity contribution in [3.63, 3.8) is 0 Å². The van der Waals surface area contributed by atoms with Crippen LogP contribution in [0.5, 0.6) is 0 Å². The molecule has 0 saturated carbocycles. The van der Waals surface area contributed by atoms with Crippen LogP contribution in [-0.2, 0) is 19.5 Å². The molecule has 1 aliphatic heterocycles. The topological polar surface area (TPSA) is 96.3 Å². The number of fused-ring (bicyclic) bond motifs is 1. The van der Waals surface area contributed by atoms with Crippen molar-refractivity contribution >= 4 is 39.3 Å². The van der Waals surface area contributed by atoms with Gasteiger partial charge in [-0.25, -0.2) is 4.28 Å². The molecule has 0 atom stereocenters. The zero-order valence-electron chi connectivity index (χ0n) is 12.9. The van der Waals surface area contributed by atoms with E-state index < -0.39 is 15.8 Å². The summed E-state index contributed by atoms with van der Waals surface area (Å²) in [6, 6.07) is 4.88. The average molecular weight is 361 g/mol. The summed E-state index contributed by atoms with van der Waals surface area (Å²) >= 11 is 5.98. The van der Waals surface area contributed by atoms with E-state index in [1.54, 1.807) is 23.1 Å². The first kappa shape index (κ1) is 17.7. The minimum atomic E-state index is -4.69.